The average Bonchev–Trinajstić information content (AvgIpc) is 3.77. The fourth-order valence-corrected chi connectivity index (χ4v) is 9.31. The van der Waals surface area contributed by atoms with Crippen molar-refractivity contribution in [2.24, 2.45) is 0 Å². The van der Waals surface area contributed by atoms with Crippen molar-refractivity contribution in [1.29, 1.82) is 5.26 Å². The fraction of sp³-hybridized carbons (Fsp3) is 0.658. The third-order valence-electron chi connectivity index (χ3n) is 12.0. The molecule has 4 bridgehead atoms. The summed E-state index contributed by atoms with van der Waals surface area (Å²) in [4.78, 5) is 20.2. The van der Waals surface area contributed by atoms with E-state index in [4.69, 9.17) is 23.7 Å². The molecule has 1 aromatic carbocycles. The van der Waals surface area contributed by atoms with Crippen LogP contribution in [0.3, 0.4) is 0 Å². The number of benzene rings is 1. The van der Waals surface area contributed by atoms with Crippen LogP contribution in [0.2, 0.25) is 0 Å². The first-order valence-corrected chi connectivity index (χ1v) is 17.8. The zero-order valence-electron chi connectivity index (χ0n) is 29.1. The van der Waals surface area contributed by atoms with Crippen molar-refractivity contribution in [3.05, 3.63) is 53.1 Å². The van der Waals surface area contributed by atoms with E-state index in [1.165, 1.54) is 11.8 Å². The van der Waals surface area contributed by atoms with Gasteiger partial charge < -0.3 is 39.1 Å². The van der Waals surface area contributed by atoms with E-state index in [0.29, 0.717) is 25.5 Å². The Balaban J connectivity index is 1.14. The Kier molecular flexibility index (Phi) is 9.26. The molecule has 3 N–H and O–H groups in total. The number of rotatable bonds is 12. The van der Waals surface area contributed by atoms with Crippen LogP contribution < -0.4 is 5.32 Å². The monoisotopic (exact) mass is 674 g/mol. The summed E-state index contributed by atoms with van der Waals surface area (Å²) >= 11 is 0. The number of H-pyrrole nitrogens is 1. The van der Waals surface area contributed by atoms with Crippen molar-refractivity contribution < 1.29 is 33.6 Å². The summed E-state index contributed by atoms with van der Waals surface area (Å²) in [6.45, 7) is 3.88. The molecule has 5 heterocycles. The second-order valence-corrected chi connectivity index (χ2v) is 15.6. The number of nitrogens with zero attached hydrogens (tertiary/aromatic N) is 2. The minimum absolute atomic E-state index is 0.0735. The number of anilines is 1. The van der Waals surface area contributed by atoms with Crippen LogP contribution in [0.25, 0.3) is 5.57 Å². The van der Waals surface area contributed by atoms with Gasteiger partial charge in [-0.3, -0.25) is 4.79 Å². The molecule has 4 fully saturated rings. The zero-order chi connectivity index (χ0) is 34.3. The first kappa shape index (κ1) is 34.3. The number of methoxy groups -OCH3 is 2. The van der Waals surface area contributed by atoms with Gasteiger partial charge in [0.05, 0.1) is 60.6 Å². The molecule has 6 atom stereocenters. The van der Waals surface area contributed by atoms with E-state index >= 15 is 0 Å². The van der Waals surface area contributed by atoms with Gasteiger partial charge in [-0.05, 0) is 113 Å². The lowest BCUT2D eigenvalue weighted by Crippen LogP contribution is -2.48. The number of allylic oxidation sites excluding steroid dienone is 1. The van der Waals surface area contributed by atoms with Gasteiger partial charge in [0.25, 0.3) is 5.91 Å². The lowest BCUT2D eigenvalue weighted by molar-refractivity contribution is -0.196. The molecular weight excluding hydrogens is 624 g/mol. The number of nitrogens with one attached hydrogen (secondary N) is 2. The van der Waals surface area contributed by atoms with Gasteiger partial charge in [-0.25, -0.2) is 4.98 Å². The number of hydrogen-bond acceptors (Lipinski definition) is 9. The molecule has 0 saturated carbocycles. The van der Waals surface area contributed by atoms with Crippen molar-refractivity contribution in [3.8, 4) is 6.07 Å². The highest BCUT2D eigenvalue weighted by atomic mass is 16.6. The number of amides is 1. The number of imidazole rings is 1. The molecule has 7 rings (SSSR count). The van der Waals surface area contributed by atoms with Crippen molar-refractivity contribution in [2.45, 2.75) is 118 Å². The average molecular weight is 675 g/mol. The molecule has 1 aliphatic carbocycles. The molecule has 4 aliphatic heterocycles. The third-order valence-corrected chi connectivity index (χ3v) is 12.0. The summed E-state index contributed by atoms with van der Waals surface area (Å²) in [6.07, 6.45) is 14.3. The summed E-state index contributed by atoms with van der Waals surface area (Å²) in [6, 6.07) is 8.35. The zero-order valence-corrected chi connectivity index (χ0v) is 29.1. The van der Waals surface area contributed by atoms with E-state index in [-0.39, 0.29) is 46.4 Å². The van der Waals surface area contributed by atoms with Crippen LogP contribution in [0.1, 0.15) is 117 Å². The number of fused-ring (bicyclic) bond motifs is 4. The van der Waals surface area contributed by atoms with Crippen LogP contribution in [0, 0.1) is 11.3 Å². The Bertz CT molecular complexity index is 1610. The highest BCUT2D eigenvalue weighted by Gasteiger charge is 2.56. The Morgan fingerprint density at radius 2 is 1.71 bits per heavy atom. The number of carbonyl (C=O) groups is 1. The van der Waals surface area contributed by atoms with E-state index < -0.39 is 11.5 Å². The van der Waals surface area contributed by atoms with Gasteiger partial charge in [-0.15, -0.1) is 0 Å². The molecule has 11 heteroatoms. The van der Waals surface area contributed by atoms with Crippen molar-refractivity contribution in [2.75, 3.05) is 46.0 Å². The largest absolute Gasteiger partial charge is 0.393 e. The Hall–Kier alpha value is -3.11. The van der Waals surface area contributed by atoms with Crippen LogP contribution >= 0.6 is 0 Å². The number of nitriles is 1. The van der Waals surface area contributed by atoms with Gasteiger partial charge in [-0.2, -0.15) is 5.26 Å². The lowest BCUT2D eigenvalue weighted by Gasteiger charge is -2.44. The van der Waals surface area contributed by atoms with Crippen LogP contribution in [0.4, 0.5) is 5.69 Å². The SMILES string of the molecule is COCC12CC[C@](COC)(CC(c3ccc(NC(=O)c4ncc(C#N)[nH]4)c(C4=CCC(C)(OC[C@@]56CCC[C@@](CO)(CC5)O6)CC4)c3)C1)O2. The minimum atomic E-state index is -0.399. The molecule has 4 saturated heterocycles. The highest BCUT2D eigenvalue weighted by Crippen LogP contribution is 2.54. The quantitative estimate of drug-likeness (QED) is 0.254. The summed E-state index contributed by atoms with van der Waals surface area (Å²) < 4.78 is 31.2. The summed E-state index contributed by atoms with van der Waals surface area (Å²) in [5.74, 6) is -0.0709. The molecule has 11 nitrogen and oxygen atoms in total. The van der Waals surface area contributed by atoms with E-state index in [1.54, 1.807) is 14.2 Å². The Morgan fingerprint density at radius 1 is 1.02 bits per heavy atom. The Morgan fingerprint density at radius 3 is 2.37 bits per heavy atom. The van der Waals surface area contributed by atoms with E-state index in [9.17, 15) is 15.2 Å². The minimum Gasteiger partial charge on any atom is -0.393 e. The molecular formula is C38H50N4O7. The number of carbonyl (C=O) groups excluding carboxylic acids is 1. The number of hydrogen-bond donors (Lipinski definition) is 3. The molecule has 0 radical (unpaired) electrons. The number of aliphatic hydroxyl groups is 1. The predicted octanol–water partition coefficient (Wildman–Crippen LogP) is 5.80. The van der Waals surface area contributed by atoms with Gasteiger partial charge in [0.1, 0.15) is 11.8 Å². The topological polar surface area (TPSA) is 148 Å². The summed E-state index contributed by atoms with van der Waals surface area (Å²) in [5.41, 5.74) is 2.56. The van der Waals surface area contributed by atoms with E-state index in [0.717, 1.165) is 88.2 Å². The van der Waals surface area contributed by atoms with E-state index in [1.807, 2.05) is 12.1 Å². The second kappa shape index (κ2) is 13.2. The van der Waals surface area contributed by atoms with Crippen molar-refractivity contribution in [1.82, 2.24) is 9.97 Å². The smallest absolute Gasteiger partial charge is 0.291 e. The van der Waals surface area contributed by atoms with E-state index in [2.05, 4.69) is 40.4 Å². The molecule has 5 aliphatic rings. The maximum atomic E-state index is 13.3. The molecule has 0 spiro atoms. The maximum Gasteiger partial charge on any atom is 0.291 e. The number of ether oxygens (including phenoxy) is 5. The molecule has 2 aromatic rings. The molecule has 1 aromatic heterocycles. The van der Waals surface area contributed by atoms with Crippen molar-refractivity contribution in [3.63, 3.8) is 0 Å². The number of aliphatic hydroxyl groups excluding tert-OH is 1. The lowest BCUT2D eigenvalue weighted by atomic mass is 9.78. The first-order chi connectivity index (χ1) is 23.6. The highest BCUT2D eigenvalue weighted by molar-refractivity contribution is 6.03. The van der Waals surface area contributed by atoms with Crippen LogP contribution in [0.5, 0.6) is 0 Å². The van der Waals surface area contributed by atoms with Crippen LogP contribution in [0.15, 0.2) is 30.5 Å². The van der Waals surface area contributed by atoms with Gasteiger partial charge >= 0.3 is 0 Å². The normalized spacial score (nSPS) is 35.2. The van der Waals surface area contributed by atoms with Gasteiger partial charge in [-0.1, -0.05) is 12.1 Å². The molecule has 1 amide bonds. The maximum absolute atomic E-state index is 13.3. The predicted molar refractivity (Wildman–Crippen MR) is 182 cm³/mol. The summed E-state index contributed by atoms with van der Waals surface area (Å²) in [7, 11) is 3.47. The van der Waals surface area contributed by atoms with Gasteiger partial charge in [0.2, 0.25) is 0 Å². The van der Waals surface area contributed by atoms with Gasteiger partial charge in [0, 0.05) is 25.5 Å². The standard InChI is InChI=1S/C38H50N4O7/c1-34(47-25-36-10-4-9-35(22-43,48-36)13-14-36)11-7-26(8-12-34)30-17-27(5-6-31(30)42-33(44)32-40-21-29(20-39)41-32)28-18-37(23-45-2)15-16-38(19-28,49-37)24-46-3/h5-7,17,21,28,43H,4,8-16,18-19,22-25H2,1-3H3,(H,40,41)(H,42,44)/t28?,34?,35-,36+,37+,38?/m0/s1. The first-order valence-electron chi connectivity index (χ1n) is 17.8. The molecule has 49 heavy (non-hydrogen) atoms. The van der Waals surface area contributed by atoms with Crippen LogP contribution in [-0.4, -0.2) is 89.6 Å². The number of aromatic amines is 1. The van der Waals surface area contributed by atoms with Crippen LogP contribution in [-0.2, 0) is 23.7 Å². The number of aromatic nitrogens is 2. The van der Waals surface area contributed by atoms with Crippen molar-refractivity contribution >= 4 is 17.2 Å². The molecule has 264 valence electrons. The second-order valence-electron chi connectivity index (χ2n) is 15.6. The summed E-state index contributed by atoms with van der Waals surface area (Å²) in [5, 5.41) is 22.3. The Labute approximate surface area is 288 Å². The third kappa shape index (κ3) is 6.72. The van der Waals surface area contributed by atoms with Gasteiger partial charge in [0.15, 0.2) is 5.82 Å². The fourth-order valence-electron chi connectivity index (χ4n) is 9.31. The molecule has 3 unspecified atom stereocenters.